The van der Waals surface area contributed by atoms with Crippen molar-refractivity contribution >= 4 is 11.7 Å². The third kappa shape index (κ3) is 3.08. The lowest BCUT2D eigenvalue weighted by Crippen LogP contribution is -2.44. The highest BCUT2D eigenvalue weighted by Gasteiger charge is 2.32. The molecule has 3 aromatic rings. The van der Waals surface area contributed by atoms with E-state index >= 15 is 0 Å². The normalized spacial score (nSPS) is 16.2. The molecule has 0 radical (unpaired) electrons. The number of amides is 2. The lowest BCUT2D eigenvalue weighted by molar-refractivity contribution is 0.182. The number of rotatable bonds is 2. The van der Waals surface area contributed by atoms with Gasteiger partial charge in [-0.2, -0.15) is 0 Å². The van der Waals surface area contributed by atoms with Crippen LogP contribution in [0.5, 0.6) is 0 Å². The van der Waals surface area contributed by atoms with Gasteiger partial charge in [0.05, 0.1) is 6.04 Å². The van der Waals surface area contributed by atoms with Crippen molar-refractivity contribution < 1.29 is 9.18 Å². The van der Waals surface area contributed by atoms with Crippen LogP contribution in [0.1, 0.15) is 22.9 Å². The van der Waals surface area contributed by atoms with Crippen molar-refractivity contribution in [3.05, 3.63) is 89.5 Å². The summed E-state index contributed by atoms with van der Waals surface area (Å²) in [6.45, 7) is 3.33. The number of hydrogen-bond acceptors (Lipinski definition) is 1. The fourth-order valence-electron chi connectivity index (χ4n) is 3.43. The number of hydrogen-bond donors (Lipinski definition) is 1. The monoisotopic (exact) mass is 349 g/mol. The molecule has 4 rings (SSSR count). The van der Waals surface area contributed by atoms with E-state index in [0.29, 0.717) is 6.54 Å². The first-order valence-corrected chi connectivity index (χ1v) is 8.66. The van der Waals surface area contributed by atoms with Gasteiger partial charge in [0.25, 0.3) is 0 Å². The van der Waals surface area contributed by atoms with Crippen LogP contribution >= 0.6 is 0 Å². The second-order valence-electron chi connectivity index (χ2n) is 6.57. The summed E-state index contributed by atoms with van der Waals surface area (Å²) in [6, 6.07) is 17.7. The number of nitrogens with one attached hydrogen (secondary N) is 1. The minimum atomic E-state index is -0.282. The van der Waals surface area contributed by atoms with E-state index in [9.17, 15) is 9.18 Å². The Labute approximate surface area is 151 Å². The van der Waals surface area contributed by atoms with Crippen molar-refractivity contribution in [1.29, 1.82) is 0 Å². The molecule has 4 nitrogen and oxygen atoms in total. The molecule has 2 heterocycles. The molecule has 0 bridgehead atoms. The van der Waals surface area contributed by atoms with Gasteiger partial charge in [0, 0.05) is 30.7 Å². The van der Waals surface area contributed by atoms with Crippen LogP contribution in [0, 0.1) is 12.7 Å². The van der Waals surface area contributed by atoms with E-state index in [2.05, 4.69) is 9.88 Å². The zero-order valence-corrected chi connectivity index (χ0v) is 14.5. The molecule has 132 valence electrons. The number of aromatic nitrogens is 1. The first-order chi connectivity index (χ1) is 12.6. The Morgan fingerprint density at radius 2 is 1.77 bits per heavy atom. The van der Waals surface area contributed by atoms with E-state index in [1.807, 2.05) is 54.4 Å². The molecule has 2 aromatic carbocycles. The lowest BCUT2D eigenvalue weighted by Gasteiger charge is -2.37. The molecule has 0 spiro atoms. The number of anilines is 1. The van der Waals surface area contributed by atoms with Crippen molar-refractivity contribution in [2.24, 2.45) is 0 Å². The predicted octanol–water partition coefficient (Wildman–Crippen LogP) is 4.57. The van der Waals surface area contributed by atoms with Crippen molar-refractivity contribution in [1.82, 2.24) is 9.47 Å². The minimum Gasteiger partial charge on any atom is -0.348 e. The number of benzene rings is 2. The molecule has 5 heteroatoms. The van der Waals surface area contributed by atoms with Crippen LogP contribution in [0.15, 0.2) is 66.9 Å². The Morgan fingerprint density at radius 1 is 1.04 bits per heavy atom. The summed E-state index contributed by atoms with van der Waals surface area (Å²) in [6.07, 6.45) is 2.01. The van der Waals surface area contributed by atoms with Gasteiger partial charge in [0.2, 0.25) is 0 Å². The third-order valence-electron chi connectivity index (χ3n) is 4.79. The molecule has 1 aliphatic heterocycles. The molecule has 1 unspecified atom stereocenters. The Hall–Kier alpha value is -3.08. The van der Waals surface area contributed by atoms with Crippen molar-refractivity contribution in [2.45, 2.75) is 19.5 Å². The third-order valence-corrected chi connectivity index (χ3v) is 4.79. The number of fused-ring (bicyclic) bond motifs is 1. The number of halogens is 1. The maximum Gasteiger partial charge on any atom is 0.322 e. The number of carbonyl (C=O) groups excluding carboxylic acids is 1. The second kappa shape index (κ2) is 6.67. The van der Waals surface area contributed by atoms with Crippen LogP contribution in [0.2, 0.25) is 0 Å². The van der Waals surface area contributed by atoms with Gasteiger partial charge in [-0.3, -0.25) is 0 Å². The summed E-state index contributed by atoms with van der Waals surface area (Å²) in [7, 11) is 0. The Morgan fingerprint density at radius 3 is 2.50 bits per heavy atom. The summed E-state index contributed by atoms with van der Waals surface area (Å²) in [5, 5.41) is 2.98. The second-order valence-corrected chi connectivity index (χ2v) is 6.57. The standard InChI is InChI=1S/C21H20FN3O/c1-15-4-10-18(11-5-15)23-21(26)25-14-13-24-12-2-3-19(24)20(25)16-6-8-17(22)9-7-16/h2-12,20H,13-14H2,1H3,(H,23,26). The summed E-state index contributed by atoms with van der Waals surface area (Å²) in [5.74, 6) is -0.282. The van der Waals surface area contributed by atoms with E-state index in [1.54, 1.807) is 12.1 Å². The molecule has 0 aliphatic carbocycles. The topological polar surface area (TPSA) is 37.3 Å². The van der Waals surface area contributed by atoms with Gasteiger partial charge >= 0.3 is 6.03 Å². The zero-order valence-electron chi connectivity index (χ0n) is 14.5. The molecule has 1 aromatic heterocycles. The molecule has 1 aliphatic rings. The first kappa shape index (κ1) is 16.4. The molecule has 0 saturated heterocycles. The fourth-order valence-corrected chi connectivity index (χ4v) is 3.43. The zero-order chi connectivity index (χ0) is 18.1. The molecular weight excluding hydrogens is 329 g/mol. The van der Waals surface area contributed by atoms with E-state index in [1.165, 1.54) is 12.1 Å². The van der Waals surface area contributed by atoms with Gasteiger partial charge in [-0.15, -0.1) is 0 Å². The van der Waals surface area contributed by atoms with Gasteiger partial charge in [-0.05, 0) is 48.9 Å². The van der Waals surface area contributed by atoms with E-state index in [4.69, 9.17) is 0 Å². The Kier molecular flexibility index (Phi) is 4.21. The number of carbonyl (C=O) groups is 1. The quantitative estimate of drug-likeness (QED) is 0.723. The van der Waals surface area contributed by atoms with Crippen molar-refractivity contribution in [3.63, 3.8) is 0 Å². The van der Waals surface area contributed by atoms with Crippen molar-refractivity contribution in [3.8, 4) is 0 Å². The van der Waals surface area contributed by atoms with Gasteiger partial charge in [0.1, 0.15) is 5.82 Å². The van der Waals surface area contributed by atoms with Crippen molar-refractivity contribution in [2.75, 3.05) is 11.9 Å². The highest BCUT2D eigenvalue weighted by atomic mass is 19.1. The average Bonchev–Trinajstić information content (AvgIpc) is 3.12. The number of nitrogens with zero attached hydrogens (tertiary/aromatic N) is 2. The highest BCUT2D eigenvalue weighted by molar-refractivity contribution is 5.90. The van der Waals surface area contributed by atoms with Gasteiger partial charge in [-0.25, -0.2) is 9.18 Å². The molecule has 26 heavy (non-hydrogen) atoms. The summed E-state index contributed by atoms with van der Waals surface area (Å²) in [4.78, 5) is 14.8. The smallest absolute Gasteiger partial charge is 0.322 e. The maximum atomic E-state index is 13.4. The molecular formula is C21H20FN3O. The Bertz CT molecular complexity index is 915. The van der Waals surface area contributed by atoms with E-state index in [-0.39, 0.29) is 17.9 Å². The molecule has 1 N–H and O–H groups in total. The fraction of sp³-hybridized carbons (Fsp3) is 0.190. The van der Waals surface area contributed by atoms with Crippen LogP contribution in [0.4, 0.5) is 14.9 Å². The van der Waals surface area contributed by atoms with Crippen LogP contribution in [0.25, 0.3) is 0 Å². The Balaban J connectivity index is 1.66. The summed E-state index contributed by atoms with van der Waals surface area (Å²) in [5.41, 5.74) is 3.83. The molecule has 1 atom stereocenters. The highest BCUT2D eigenvalue weighted by Crippen LogP contribution is 2.33. The average molecular weight is 349 g/mol. The maximum absolute atomic E-state index is 13.4. The van der Waals surface area contributed by atoms with E-state index < -0.39 is 0 Å². The SMILES string of the molecule is Cc1ccc(NC(=O)N2CCn3cccc3C2c2ccc(F)cc2)cc1. The summed E-state index contributed by atoms with van der Waals surface area (Å²) < 4.78 is 15.5. The number of aryl methyl sites for hydroxylation is 1. The molecule has 0 saturated carbocycles. The predicted molar refractivity (Wildman–Crippen MR) is 99.6 cm³/mol. The first-order valence-electron chi connectivity index (χ1n) is 8.66. The van der Waals surface area contributed by atoms with Crippen LogP contribution in [-0.4, -0.2) is 22.0 Å². The largest absolute Gasteiger partial charge is 0.348 e. The summed E-state index contributed by atoms with van der Waals surface area (Å²) >= 11 is 0. The van der Waals surface area contributed by atoms with Gasteiger partial charge < -0.3 is 14.8 Å². The van der Waals surface area contributed by atoms with E-state index in [0.717, 1.165) is 29.1 Å². The molecule has 0 fully saturated rings. The van der Waals surface area contributed by atoms with Crippen LogP contribution < -0.4 is 5.32 Å². The van der Waals surface area contributed by atoms with Gasteiger partial charge in [-0.1, -0.05) is 29.8 Å². The van der Waals surface area contributed by atoms with Gasteiger partial charge in [0.15, 0.2) is 0 Å². The van der Waals surface area contributed by atoms with Crippen LogP contribution in [-0.2, 0) is 6.54 Å². The minimum absolute atomic E-state index is 0.157. The van der Waals surface area contributed by atoms with Crippen LogP contribution in [0.3, 0.4) is 0 Å². The number of urea groups is 1. The molecule has 2 amide bonds. The lowest BCUT2D eigenvalue weighted by atomic mass is 10.0.